The molecule has 2 fully saturated rings. The van der Waals surface area contributed by atoms with Gasteiger partial charge in [-0.05, 0) is 31.7 Å². The zero-order chi connectivity index (χ0) is 16.5. The fourth-order valence-electron chi connectivity index (χ4n) is 2.94. The third-order valence-electron chi connectivity index (χ3n) is 4.48. The van der Waals surface area contributed by atoms with E-state index >= 15 is 0 Å². The highest BCUT2D eigenvalue weighted by molar-refractivity contribution is 7.91. The van der Waals surface area contributed by atoms with Gasteiger partial charge in [0.1, 0.15) is 17.0 Å². The summed E-state index contributed by atoms with van der Waals surface area (Å²) in [5, 5.41) is -0.257. The average Bonchev–Trinajstić information content (AvgIpc) is 3.40. The van der Waals surface area contributed by atoms with Gasteiger partial charge in [0.2, 0.25) is 0 Å². The molecule has 2 aliphatic rings. The highest BCUT2D eigenvalue weighted by Crippen LogP contribution is 2.35. The topological polar surface area (TPSA) is 95.5 Å². The summed E-state index contributed by atoms with van der Waals surface area (Å²) < 4.78 is 34.6. The molecule has 1 aromatic rings. The minimum Gasteiger partial charge on any atom is -0.468 e. The Labute approximate surface area is 135 Å². The summed E-state index contributed by atoms with van der Waals surface area (Å²) in [6, 6.07) is 1.66. The van der Waals surface area contributed by atoms with Crippen molar-refractivity contribution in [2.45, 2.75) is 42.1 Å². The van der Waals surface area contributed by atoms with Gasteiger partial charge in [-0.15, -0.1) is 0 Å². The van der Waals surface area contributed by atoms with Crippen molar-refractivity contribution in [3.8, 4) is 0 Å². The number of aromatic nitrogens is 2. The maximum atomic E-state index is 12.3. The van der Waals surface area contributed by atoms with Gasteiger partial charge in [-0.25, -0.2) is 18.4 Å². The SMILES string of the molecule is COC(=O)C1(c2ccnc(CS(=O)(=O)C3CC3)n2)CCOCC1. The van der Waals surface area contributed by atoms with Crippen molar-refractivity contribution in [2.75, 3.05) is 20.3 Å². The molecule has 0 aromatic carbocycles. The van der Waals surface area contributed by atoms with Crippen LogP contribution in [0.15, 0.2) is 12.3 Å². The lowest BCUT2D eigenvalue weighted by molar-refractivity contribution is -0.151. The fraction of sp³-hybridized carbons (Fsp3) is 0.667. The van der Waals surface area contributed by atoms with E-state index in [4.69, 9.17) is 9.47 Å². The Hall–Kier alpha value is -1.54. The molecule has 0 N–H and O–H groups in total. The van der Waals surface area contributed by atoms with E-state index in [0.29, 0.717) is 44.6 Å². The maximum Gasteiger partial charge on any atom is 0.318 e. The lowest BCUT2D eigenvalue weighted by atomic mass is 9.77. The van der Waals surface area contributed by atoms with Gasteiger partial charge in [-0.1, -0.05) is 0 Å². The van der Waals surface area contributed by atoms with Crippen LogP contribution in [0.1, 0.15) is 37.2 Å². The lowest BCUT2D eigenvalue weighted by Crippen LogP contribution is -2.43. The Kier molecular flexibility index (Phi) is 4.37. The first-order chi connectivity index (χ1) is 11.0. The Morgan fingerprint density at radius 1 is 1.39 bits per heavy atom. The summed E-state index contributed by atoms with van der Waals surface area (Å²) in [6.07, 6.45) is 3.87. The summed E-state index contributed by atoms with van der Waals surface area (Å²) in [7, 11) is -1.85. The zero-order valence-corrected chi connectivity index (χ0v) is 13.8. The molecule has 1 aliphatic carbocycles. The number of hydrogen-bond acceptors (Lipinski definition) is 7. The number of rotatable bonds is 5. The van der Waals surface area contributed by atoms with E-state index in [9.17, 15) is 13.2 Å². The third-order valence-corrected chi connectivity index (χ3v) is 6.63. The molecule has 126 valence electrons. The normalized spacial score (nSPS) is 20.9. The molecule has 3 rings (SSSR count). The minimum absolute atomic E-state index is 0.181. The van der Waals surface area contributed by atoms with Crippen LogP contribution in [0.5, 0.6) is 0 Å². The van der Waals surface area contributed by atoms with Crippen LogP contribution in [-0.4, -0.2) is 49.9 Å². The molecule has 1 saturated carbocycles. The van der Waals surface area contributed by atoms with Gasteiger partial charge in [0.05, 0.1) is 18.1 Å². The molecule has 1 aliphatic heterocycles. The minimum atomic E-state index is -3.20. The van der Waals surface area contributed by atoms with Crippen molar-refractivity contribution in [1.82, 2.24) is 9.97 Å². The van der Waals surface area contributed by atoms with Gasteiger partial charge >= 0.3 is 5.97 Å². The van der Waals surface area contributed by atoms with E-state index in [1.807, 2.05) is 0 Å². The van der Waals surface area contributed by atoms with Crippen LogP contribution in [-0.2, 0) is 35.3 Å². The van der Waals surface area contributed by atoms with Crippen molar-refractivity contribution < 1.29 is 22.7 Å². The van der Waals surface area contributed by atoms with Crippen molar-refractivity contribution in [3.63, 3.8) is 0 Å². The highest BCUT2D eigenvalue weighted by atomic mass is 32.2. The van der Waals surface area contributed by atoms with Crippen molar-refractivity contribution >= 4 is 15.8 Å². The number of sulfone groups is 1. The molecule has 0 radical (unpaired) electrons. The number of nitrogens with zero attached hydrogens (tertiary/aromatic N) is 2. The zero-order valence-electron chi connectivity index (χ0n) is 13.0. The second kappa shape index (κ2) is 6.16. The quantitative estimate of drug-likeness (QED) is 0.731. The third kappa shape index (κ3) is 3.23. The van der Waals surface area contributed by atoms with E-state index in [-0.39, 0.29) is 22.8 Å². The van der Waals surface area contributed by atoms with Crippen LogP contribution in [0.2, 0.25) is 0 Å². The van der Waals surface area contributed by atoms with Crippen LogP contribution in [0.25, 0.3) is 0 Å². The molecule has 0 unspecified atom stereocenters. The molecule has 1 saturated heterocycles. The van der Waals surface area contributed by atoms with Crippen molar-refractivity contribution in [3.05, 3.63) is 23.8 Å². The monoisotopic (exact) mass is 340 g/mol. The van der Waals surface area contributed by atoms with Crippen molar-refractivity contribution in [2.24, 2.45) is 0 Å². The molecule has 2 heterocycles. The van der Waals surface area contributed by atoms with Crippen LogP contribution < -0.4 is 0 Å². The molecule has 0 amide bonds. The summed E-state index contributed by atoms with van der Waals surface area (Å²) in [4.78, 5) is 20.8. The molecular weight excluding hydrogens is 320 g/mol. The predicted octanol–water partition coefficient (Wildman–Crippen LogP) is 0.775. The summed E-state index contributed by atoms with van der Waals surface area (Å²) in [6.45, 7) is 0.879. The van der Waals surface area contributed by atoms with Gasteiger partial charge in [0.25, 0.3) is 0 Å². The molecule has 0 bridgehead atoms. The van der Waals surface area contributed by atoms with Crippen LogP contribution in [0.4, 0.5) is 0 Å². The first-order valence-electron chi connectivity index (χ1n) is 7.68. The Morgan fingerprint density at radius 3 is 2.70 bits per heavy atom. The van der Waals surface area contributed by atoms with Gasteiger partial charge < -0.3 is 9.47 Å². The van der Waals surface area contributed by atoms with Crippen LogP contribution >= 0.6 is 0 Å². The number of methoxy groups -OCH3 is 1. The molecule has 7 nitrogen and oxygen atoms in total. The van der Waals surface area contributed by atoms with Crippen molar-refractivity contribution in [1.29, 1.82) is 0 Å². The number of hydrogen-bond donors (Lipinski definition) is 0. The van der Waals surface area contributed by atoms with Crippen LogP contribution in [0, 0.1) is 0 Å². The number of esters is 1. The molecule has 0 atom stereocenters. The Balaban J connectivity index is 1.91. The van der Waals surface area contributed by atoms with E-state index in [1.54, 1.807) is 6.07 Å². The van der Waals surface area contributed by atoms with Gasteiger partial charge in [0.15, 0.2) is 9.84 Å². The molecule has 23 heavy (non-hydrogen) atoms. The number of ether oxygens (including phenoxy) is 2. The first-order valence-corrected chi connectivity index (χ1v) is 9.40. The van der Waals surface area contributed by atoms with Gasteiger partial charge in [-0.3, -0.25) is 4.79 Å². The van der Waals surface area contributed by atoms with E-state index in [2.05, 4.69) is 9.97 Å². The van der Waals surface area contributed by atoms with Gasteiger partial charge in [0, 0.05) is 19.4 Å². The summed E-state index contributed by atoms with van der Waals surface area (Å²) in [5.74, 6) is -0.307. The Bertz CT molecular complexity index is 694. The number of carbonyl (C=O) groups is 1. The summed E-state index contributed by atoms with van der Waals surface area (Å²) >= 11 is 0. The Morgan fingerprint density at radius 2 is 2.09 bits per heavy atom. The van der Waals surface area contributed by atoms with Crippen LogP contribution in [0.3, 0.4) is 0 Å². The first kappa shape index (κ1) is 16.3. The molecule has 1 aromatic heterocycles. The second-order valence-electron chi connectivity index (χ2n) is 6.05. The maximum absolute atomic E-state index is 12.3. The lowest BCUT2D eigenvalue weighted by Gasteiger charge is -2.33. The molecule has 0 spiro atoms. The standard InChI is InChI=1S/C15H20N2O5S/c1-21-14(18)15(5-8-22-9-6-15)12-4-7-16-13(17-12)10-23(19,20)11-2-3-11/h4,7,11H,2-3,5-6,8-10H2,1H3. The molecule has 8 heteroatoms. The average molecular weight is 340 g/mol. The summed E-state index contributed by atoms with van der Waals surface area (Å²) in [5.41, 5.74) is -0.364. The predicted molar refractivity (Wildman–Crippen MR) is 81.4 cm³/mol. The second-order valence-corrected chi connectivity index (χ2v) is 8.33. The smallest absolute Gasteiger partial charge is 0.318 e. The van der Waals surface area contributed by atoms with E-state index < -0.39 is 15.3 Å². The fourth-order valence-corrected chi connectivity index (χ4v) is 4.53. The highest BCUT2D eigenvalue weighted by Gasteiger charge is 2.44. The van der Waals surface area contributed by atoms with E-state index in [0.717, 1.165) is 0 Å². The number of carbonyl (C=O) groups excluding carboxylic acids is 1. The van der Waals surface area contributed by atoms with Gasteiger partial charge in [-0.2, -0.15) is 0 Å². The molecular formula is C15H20N2O5S. The van der Waals surface area contributed by atoms with E-state index in [1.165, 1.54) is 13.3 Å². The largest absolute Gasteiger partial charge is 0.468 e.